The van der Waals surface area contributed by atoms with Crippen LogP contribution in [0.25, 0.3) is 0 Å². The van der Waals surface area contributed by atoms with Crippen LogP contribution in [0.15, 0.2) is 22.7 Å². The molecule has 0 aromatic heterocycles. The molecule has 0 atom stereocenters. The predicted octanol–water partition coefficient (Wildman–Crippen LogP) is 1.86. The first-order valence-corrected chi connectivity index (χ1v) is 4.37. The van der Waals surface area contributed by atoms with E-state index in [9.17, 15) is 0 Å². The Morgan fingerprint density at radius 2 is 2.25 bits per heavy atom. The predicted molar refractivity (Wildman–Crippen MR) is 49.6 cm³/mol. The minimum atomic E-state index is 0.105. The van der Waals surface area contributed by atoms with Gasteiger partial charge in [0, 0.05) is 11.1 Å². The maximum absolute atomic E-state index is 8.70. The van der Waals surface area contributed by atoms with Crippen molar-refractivity contribution in [1.82, 2.24) is 0 Å². The Labute approximate surface area is 79.6 Å². The normalized spacial score (nSPS) is 9.42. The second kappa shape index (κ2) is 4.24. The van der Waals surface area contributed by atoms with Gasteiger partial charge in [-0.15, -0.1) is 0 Å². The zero-order chi connectivity index (χ0) is 8.97. The van der Waals surface area contributed by atoms with Gasteiger partial charge in [-0.25, -0.2) is 0 Å². The van der Waals surface area contributed by atoms with Crippen molar-refractivity contribution in [2.24, 2.45) is 0 Å². The number of hydrogen-bond donors (Lipinski definition) is 1. The number of aliphatic hydroxyl groups is 1. The van der Waals surface area contributed by atoms with E-state index >= 15 is 0 Å². The van der Waals surface area contributed by atoms with Crippen molar-refractivity contribution < 1.29 is 5.11 Å². The average molecular weight is 226 g/mol. The van der Waals surface area contributed by atoms with E-state index < -0.39 is 0 Å². The van der Waals surface area contributed by atoms with Gasteiger partial charge < -0.3 is 5.11 Å². The number of nitriles is 1. The highest BCUT2D eigenvalue weighted by molar-refractivity contribution is 9.10. The van der Waals surface area contributed by atoms with Crippen molar-refractivity contribution >= 4 is 15.9 Å². The van der Waals surface area contributed by atoms with E-state index in [-0.39, 0.29) is 6.61 Å². The van der Waals surface area contributed by atoms with Gasteiger partial charge in [0.25, 0.3) is 0 Å². The second-order valence-corrected chi connectivity index (χ2v) is 3.16. The molecule has 2 nitrogen and oxygen atoms in total. The lowest BCUT2D eigenvalue weighted by molar-refractivity contribution is 0.299. The van der Waals surface area contributed by atoms with Crippen LogP contribution >= 0.6 is 15.9 Å². The molecule has 3 heteroatoms. The number of rotatable bonds is 2. The molecule has 0 saturated carbocycles. The molecule has 0 saturated heterocycles. The van der Waals surface area contributed by atoms with Crippen LogP contribution in [-0.2, 0) is 6.42 Å². The third kappa shape index (κ3) is 1.84. The van der Waals surface area contributed by atoms with Gasteiger partial charge in [-0.2, -0.15) is 5.26 Å². The quantitative estimate of drug-likeness (QED) is 0.836. The zero-order valence-corrected chi connectivity index (χ0v) is 8.00. The summed E-state index contributed by atoms with van der Waals surface area (Å²) in [6, 6.07) is 7.51. The van der Waals surface area contributed by atoms with Gasteiger partial charge in [0.2, 0.25) is 0 Å². The molecule has 62 valence electrons. The van der Waals surface area contributed by atoms with Gasteiger partial charge >= 0.3 is 0 Å². The molecule has 1 rings (SSSR count). The second-order valence-electron chi connectivity index (χ2n) is 2.36. The first-order chi connectivity index (χ1) is 5.79. The van der Waals surface area contributed by atoms with Gasteiger partial charge in [-0.3, -0.25) is 0 Å². The highest BCUT2D eigenvalue weighted by Gasteiger charge is 2.03. The van der Waals surface area contributed by atoms with Crippen molar-refractivity contribution in [3.8, 4) is 6.07 Å². The molecule has 0 spiro atoms. The van der Waals surface area contributed by atoms with E-state index in [4.69, 9.17) is 10.4 Å². The lowest BCUT2D eigenvalue weighted by Gasteiger charge is -2.02. The molecule has 1 aromatic carbocycles. The van der Waals surface area contributed by atoms with E-state index in [0.717, 1.165) is 10.0 Å². The molecule has 1 N–H and O–H groups in total. The fourth-order valence-electron chi connectivity index (χ4n) is 0.980. The van der Waals surface area contributed by atoms with Crippen molar-refractivity contribution in [2.75, 3.05) is 6.61 Å². The van der Waals surface area contributed by atoms with Crippen molar-refractivity contribution in [3.05, 3.63) is 33.8 Å². The summed E-state index contributed by atoms with van der Waals surface area (Å²) in [6.45, 7) is 0.105. The highest BCUT2D eigenvalue weighted by atomic mass is 79.9. The summed E-state index contributed by atoms with van der Waals surface area (Å²) in [7, 11) is 0. The van der Waals surface area contributed by atoms with Crippen LogP contribution in [0, 0.1) is 11.3 Å². The summed E-state index contributed by atoms with van der Waals surface area (Å²) in [5.74, 6) is 0. The van der Waals surface area contributed by atoms with Crippen molar-refractivity contribution in [3.63, 3.8) is 0 Å². The summed E-state index contributed by atoms with van der Waals surface area (Å²) in [5.41, 5.74) is 1.58. The van der Waals surface area contributed by atoms with Gasteiger partial charge in [0.05, 0.1) is 5.56 Å². The number of hydrogen-bond acceptors (Lipinski definition) is 2. The molecule has 0 amide bonds. The van der Waals surface area contributed by atoms with Crippen LogP contribution < -0.4 is 0 Å². The van der Waals surface area contributed by atoms with Crippen LogP contribution in [0.4, 0.5) is 0 Å². The summed E-state index contributed by atoms with van der Waals surface area (Å²) >= 11 is 3.31. The lowest BCUT2D eigenvalue weighted by Crippen LogP contribution is -1.93. The molecule has 0 aliphatic heterocycles. The molecule has 0 bridgehead atoms. The average Bonchev–Trinajstić information content (AvgIpc) is 2.09. The first-order valence-electron chi connectivity index (χ1n) is 3.58. The van der Waals surface area contributed by atoms with Crippen LogP contribution in [0.5, 0.6) is 0 Å². The van der Waals surface area contributed by atoms with Crippen molar-refractivity contribution in [2.45, 2.75) is 6.42 Å². The maximum Gasteiger partial charge on any atom is 0.100 e. The van der Waals surface area contributed by atoms with Crippen LogP contribution in [0.2, 0.25) is 0 Å². The molecular formula is C9H8BrNO. The number of benzene rings is 1. The van der Waals surface area contributed by atoms with Crippen LogP contribution in [0.3, 0.4) is 0 Å². The summed E-state index contributed by atoms with van der Waals surface area (Å²) in [5, 5.41) is 17.4. The molecule has 1 aromatic rings. The van der Waals surface area contributed by atoms with Gasteiger partial charge in [0.15, 0.2) is 0 Å². The molecular weight excluding hydrogens is 218 g/mol. The molecule has 0 fully saturated rings. The van der Waals surface area contributed by atoms with Crippen LogP contribution in [-0.4, -0.2) is 11.7 Å². The minimum absolute atomic E-state index is 0.105. The highest BCUT2D eigenvalue weighted by Crippen LogP contribution is 2.21. The summed E-state index contributed by atoms with van der Waals surface area (Å²) in [4.78, 5) is 0. The summed E-state index contributed by atoms with van der Waals surface area (Å²) < 4.78 is 0.793. The van der Waals surface area contributed by atoms with Gasteiger partial charge in [-0.1, -0.05) is 12.1 Å². The standard InChI is InChI=1S/C9H8BrNO/c10-9-7(4-5-12)2-1-3-8(9)6-11/h1-3,12H,4-5H2. The van der Waals surface area contributed by atoms with E-state index in [2.05, 4.69) is 22.0 Å². The fourth-order valence-corrected chi connectivity index (χ4v) is 1.53. The Morgan fingerprint density at radius 1 is 1.50 bits per heavy atom. The largest absolute Gasteiger partial charge is 0.396 e. The molecule has 0 aliphatic carbocycles. The van der Waals surface area contributed by atoms with E-state index in [1.807, 2.05) is 12.1 Å². The third-order valence-corrected chi connectivity index (χ3v) is 2.52. The Balaban J connectivity index is 3.07. The smallest absolute Gasteiger partial charge is 0.100 e. The van der Waals surface area contributed by atoms with E-state index in [1.165, 1.54) is 0 Å². The van der Waals surface area contributed by atoms with E-state index in [0.29, 0.717) is 12.0 Å². The third-order valence-electron chi connectivity index (χ3n) is 1.58. The van der Waals surface area contributed by atoms with Crippen molar-refractivity contribution in [1.29, 1.82) is 5.26 Å². The fraction of sp³-hybridized carbons (Fsp3) is 0.222. The maximum atomic E-state index is 8.70. The molecule has 0 aliphatic rings. The lowest BCUT2D eigenvalue weighted by atomic mass is 10.1. The first kappa shape index (κ1) is 9.24. The Bertz CT molecular complexity index is 317. The molecule has 0 unspecified atom stereocenters. The Hall–Kier alpha value is -0.850. The molecule has 12 heavy (non-hydrogen) atoms. The summed E-state index contributed by atoms with van der Waals surface area (Å²) in [6.07, 6.45) is 0.579. The van der Waals surface area contributed by atoms with Gasteiger partial charge in [0.1, 0.15) is 6.07 Å². The molecule has 0 radical (unpaired) electrons. The number of halogens is 1. The van der Waals surface area contributed by atoms with E-state index in [1.54, 1.807) is 6.07 Å². The topological polar surface area (TPSA) is 44.0 Å². The molecule has 0 heterocycles. The Morgan fingerprint density at radius 3 is 2.83 bits per heavy atom. The zero-order valence-electron chi connectivity index (χ0n) is 6.42. The minimum Gasteiger partial charge on any atom is -0.396 e. The number of aliphatic hydroxyl groups excluding tert-OH is 1. The van der Waals surface area contributed by atoms with Crippen LogP contribution in [0.1, 0.15) is 11.1 Å². The Kier molecular flexibility index (Phi) is 3.27. The monoisotopic (exact) mass is 225 g/mol. The SMILES string of the molecule is N#Cc1cccc(CCO)c1Br. The number of nitrogens with zero attached hydrogens (tertiary/aromatic N) is 1. The van der Waals surface area contributed by atoms with Gasteiger partial charge in [-0.05, 0) is 34.0 Å².